The molecule has 0 aliphatic carbocycles. The highest BCUT2D eigenvalue weighted by molar-refractivity contribution is 5.23. The summed E-state index contributed by atoms with van der Waals surface area (Å²) in [5, 5.41) is 19.2. The van der Waals surface area contributed by atoms with Crippen molar-refractivity contribution >= 4 is 5.82 Å². The van der Waals surface area contributed by atoms with E-state index in [0.717, 1.165) is 4.57 Å². The fourth-order valence-corrected chi connectivity index (χ4v) is 2.27. The highest BCUT2D eigenvalue weighted by Crippen LogP contribution is 2.41. The quantitative estimate of drug-likeness (QED) is 0.656. The third-order valence-electron chi connectivity index (χ3n) is 3.46. The zero-order valence-corrected chi connectivity index (χ0v) is 10.4. The Bertz CT molecular complexity index is 535. The molecule has 1 aromatic heterocycles. The van der Waals surface area contributed by atoms with Crippen molar-refractivity contribution in [3.63, 3.8) is 0 Å². The Kier molecular flexibility index (Phi) is 4.02. The number of alkyl halides is 2. The zero-order valence-electron chi connectivity index (χ0n) is 10.4. The van der Waals surface area contributed by atoms with E-state index in [9.17, 15) is 23.8 Å². The number of aromatic nitrogens is 2. The standard InChI is InChI=1S/C11H15F2N3O4/c12-3-6-8(18)11(4-13,5-17)20-9(6)16-2-1-7(14)15-10(16)19/h1-2,6,8-9,17-18H,3-5H2,(H2,14,15,19)/t6-,8-,9+,11+/m0/s1. The molecule has 1 fully saturated rings. The monoisotopic (exact) mass is 291 g/mol. The molecule has 0 bridgehead atoms. The summed E-state index contributed by atoms with van der Waals surface area (Å²) >= 11 is 0. The normalized spacial score (nSPS) is 33.5. The Hall–Kier alpha value is -1.58. The Labute approximate surface area is 112 Å². The molecular formula is C11H15F2N3O4. The van der Waals surface area contributed by atoms with Gasteiger partial charge in [0, 0.05) is 6.20 Å². The second-order valence-corrected chi connectivity index (χ2v) is 4.67. The molecule has 4 N–H and O–H groups in total. The first-order valence-corrected chi connectivity index (χ1v) is 5.92. The van der Waals surface area contributed by atoms with E-state index < -0.39 is 49.5 Å². The molecule has 0 aromatic carbocycles. The van der Waals surface area contributed by atoms with Crippen LogP contribution in [0.3, 0.4) is 0 Å². The van der Waals surface area contributed by atoms with Crippen LogP contribution in [0.5, 0.6) is 0 Å². The van der Waals surface area contributed by atoms with E-state index in [2.05, 4.69) is 4.98 Å². The number of hydrogen-bond donors (Lipinski definition) is 3. The summed E-state index contributed by atoms with van der Waals surface area (Å²) in [5.74, 6) is -1.22. The first-order chi connectivity index (χ1) is 9.49. The van der Waals surface area contributed by atoms with Crippen LogP contribution in [0.4, 0.5) is 14.6 Å². The Balaban J connectivity index is 2.43. The number of nitrogen functional groups attached to an aromatic ring is 1. The van der Waals surface area contributed by atoms with E-state index in [-0.39, 0.29) is 5.82 Å². The molecule has 7 nitrogen and oxygen atoms in total. The minimum absolute atomic E-state index is 0.0273. The molecule has 20 heavy (non-hydrogen) atoms. The maximum absolute atomic E-state index is 13.1. The Morgan fingerprint density at radius 2 is 2.25 bits per heavy atom. The summed E-state index contributed by atoms with van der Waals surface area (Å²) in [6.07, 6.45) is -1.63. The van der Waals surface area contributed by atoms with Gasteiger partial charge in [0.15, 0.2) is 0 Å². The lowest BCUT2D eigenvalue weighted by molar-refractivity contribution is -0.138. The van der Waals surface area contributed by atoms with Gasteiger partial charge in [-0.25, -0.2) is 9.18 Å². The van der Waals surface area contributed by atoms with Crippen molar-refractivity contribution in [3.8, 4) is 0 Å². The predicted molar refractivity (Wildman–Crippen MR) is 64.3 cm³/mol. The summed E-state index contributed by atoms with van der Waals surface area (Å²) in [5.41, 5.74) is 2.58. The lowest BCUT2D eigenvalue weighted by Gasteiger charge is -2.26. The molecule has 9 heteroatoms. The Morgan fingerprint density at radius 1 is 1.55 bits per heavy atom. The molecule has 0 spiro atoms. The van der Waals surface area contributed by atoms with Crippen molar-refractivity contribution in [1.29, 1.82) is 0 Å². The van der Waals surface area contributed by atoms with E-state index in [1.54, 1.807) is 0 Å². The number of ether oxygens (including phenoxy) is 1. The van der Waals surface area contributed by atoms with Gasteiger partial charge < -0.3 is 20.7 Å². The van der Waals surface area contributed by atoms with Gasteiger partial charge in [0.05, 0.1) is 25.3 Å². The van der Waals surface area contributed by atoms with Crippen molar-refractivity contribution in [3.05, 3.63) is 22.7 Å². The first-order valence-electron chi connectivity index (χ1n) is 5.92. The van der Waals surface area contributed by atoms with Crippen LogP contribution in [-0.2, 0) is 4.74 Å². The molecule has 0 radical (unpaired) electrons. The van der Waals surface area contributed by atoms with Crippen LogP contribution in [-0.4, -0.2) is 51.4 Å². The molecule has 112 valence electrons. The zero-order chi connectivity index (χ0) is 14.9. The largest absolute Gasteiger partial charge is 0.393 e. The van der Waals surface area contributed by atoms with Crippen molar-refractivity contribution in [2.24, 2.45) is 5.92 Å². The summed E-state index contributed by atoms with van der Waals surface area (Å²) in [4.78, 5) is 15.2. The summed E-state index contributed by atoms with van der Waals surface area (Å²) < 4.78 is 32.3. The lowest BCUT2D eigenvalue weighted by atomic mass is 9.92. The van der Waals surface area contributed by atoms with Crippen LogP contribution >= 0.6 is 0 Å². The van der Waals surface area contributed by atoms with Crippen LogP contribution in [0.2, 0.25) is 0 Å². The average molecular weight is 291 g/mol. The molecular weight excluding hydrogens is 276 g/mol. The summed E-state index contributed by atoms with van der Waals surface area (Å²) in [6.45, 7) is -3.10. The molecule has 1 aliphatic rings. The van der Waals surface area contributed by atoms with Gasteiger partial charge in [0.2, 0.25) is 0 Å². The van der Waals surface area contributed by atoms with E-state index in [1.165, 1.54) is 12.3 Å². The molecule has 1 saturated heterocycles. The minimum atomic E-state index is -1.94. The number of aliphatic hydroxyl groups excluding tert-OH is 2. The minimum Gasteiger partial charge on any atom is -0.393 e. The summed E-state index contributed by atoms with van der Waals surface area (Å²) in [7, 11) is 0. The van der Waals surface area contributed by atoms with E-state index in [1.807, 2.05) is 0 Å². The van der Waals surface area contributed by atoms with Crippen molar-refractivity contribution in [2.75, 3.05) is 25.7 Å². The number of aliphatic hydroxyl groups is 2. The number of hydrogen-bond acceptors (Lipinski definition) is 6. The molecule has 0 unspecified atom stereocenters. The van der Waals surface area contributed by atoms with Crippen LogP contribution in [0, 0.1) is 5.92 Å². The molecule has 2 heterocycles. The van der Waals surface area contributed by atoms with E-state index in [0.29, 0.717) is 0 Å². The highest BCUT2D eigenvalue weighted by atomic mass is 19.1. The fourth-order valence-electron chi connectivity index (χ4n) is 2.27. The van der Waals surface area contributed by atoms with Crippen LogP contribution in [0.25, 0.3) is 0 Å². The maximum Gasteiger partial charge on any atom is 0.351 e. The predicted octanol–water partition coefficient (Wildman–Crippen LogP) is -0.999. The average Bonchev–Trinajstić information content (AvgIpc) is 2.71. The van der Waals surface area contributed by atoms with Crippen LogP contribution < -0.4 is 11.4 Å². The second kappa shape index (κ2) is 5.43. The van der Waals surface area contributed by atoms with Gasteiger partial charge in [-0.1, -0.05) is 0 Å². The van der Waals surface area contributed by atoms with Gasteiger partial charge in [-0.2, -0.15) is 4.98 Å². The topological polar surface area (TPSA) is 111 Å². The smallest absolute Gasteiger partial charge is 0.351 e. The van der Waals surface area contributed by atoms with E-state index in [4.69, 9.17) is 10.5 Å². The fraction of sp³-hybridized carbons (Fsp3) is 0.636. The molecule has 0 amide bonds. The number of rotatable bonds is 4. The second-order valence-electron chi connectivity index (χ2n) is 4.67. The van der Waals surface area contributed by atoms with E-state index >= 15 is 0 Å². The van der Waals surface area contributed by atoms with Gasteiger partial charge in [0.25, 0.3) is 0 Å². The van der Waals surface area contributed by atoms with Gasteiger partial charge in [0.1, 0.15) is 24.3 Å². The summed E-state index contributed by atoms with van der Waals surface area (Å²) in [6, 6.07) is 1.29. The maximum atomic E-state index is 13.1. The molecule has 0 saturated carbocycles. The molecule has 2 rings (SSSR count). The lowest BCUT2D eigenvalue weighted by Crippen LogP contribution is -2.47. The number of nitrogens with two attached hydrogens (primary N) is 1. The first kappa shape index (κ1) is 14.8. The van der Waals surface area contributed by atoms with Crippen LogP contribution in [0.1, 0.15) is 6.23 Å². The molecule has 4 atom stereocenters. The third-order valence-corrected chi connectivity index (χ3v) is 3.46. The Morgan fingerprint density at radius 3 is 2.75 bits per heavy atom. The number of nitrogens with zero attached hydrogens (tertiary/aromatic N) is 2. The third kappa shape index (κ3) is 2.17. The number of anilines is 1. The molecule has 1 aromatic rings. The highest BCUT2D eigenvalue weighted by Gasteiger charge is 2.55. The van der Waals surface area contributed by atoms with Crippen molar-refractivity contribution < 1.29 is 23.7 Å². The molecule has 1 aliphatic heterocycles. The van der Waals surface area contributed by atoms with Gasteiger partial charge in [-0.15, -0.1) is 0 Å². The van der Waals surface area contributed by atoms with Crippen molar-refractivity contribution in [1.82, 2.24) is 9.55 Å². The van der Waals surface area contributed by atoms with Gasteiger partial charge in [-0.05, 0) is 6.07 Å². The van der Waals surface area contributed by atoms with Gasteiger partial charge >= 0.3 is 5.69 Å². The van der Waals surface area contributed by atoms with Crippen LogP contribution in [0.15, 0.2) is 17.1 Å². The SMILES string of the molecule is Nc1ccn([C@@H]2O[C@@](CO)(CF)[C@@H](O)[C@@H]2CF)c(=O)n1. The van der Waals surface area contributed by atoms with Gasteiger partial charge in [-0.3, -0.25) is 8.96 Å². The number of halogens is 2. The van der Waals surface area contributed by atoms with Crippen molar-refractivity contribution in [2.45, 2.75) is 17.9 Å².